The molecule has 2 N–H and O–H groups in total. The molecule has 2 rings (SSSR count). The summed E-state index contributed by atoms with van der Waals surface area (Å²) in [6.07, 6.45) is 1.28. The zero-order chi connectivity index (χ0) is 19.1. The third-order valence-corrected chi connectivity index (χ3v) is 3.59. The number of nitrogens with one attached hydrogen (secondary N) is 2. The number of carbonyl (C=O) groups excluding carboxylic acids is 3. The molecular weight excluding hydrogens is 409 g/mol. The van der Waals surface area contributed by atoms with E-state index in [1.807, 2.05) is 5.43 Å². The first-order valence-corrected chi connectivity index (χ1v) is 7.98. The molecule has 9 heteroatoms. The Morgan fingerprint density at radius 3 is 2.42 bits per heavy atom. The van der Waals surface area contributed by atoms with Crippen LogP contribution in [-0.2, 0) is 14.3 Å². The van der Waals surface area contributed by atoms with Crippen molar-refractivity contribution in [3.63, 3.8) is 0 Å². The van der Waals surface area contributed by atoms with Gasteiger partial charge in [0.25, 0.3) is 0 Å². The highest BCUT2D eigenvalue weighted by Gasteiger charge is 2.15. The maximum Gasteiger partial charge on any atom is 0.337 e. The number of anilines is 1. The van der Waals surface area contributed by atoms with Gasteiger partial charge < -0.3 is 10.1 Å². The number of ether oxygens (including phenoxy) is 1. The van der Waals surface area contributed by atoms with Crippen molar-refractivity contribution in [2.45, 2.75) is 0 Å². The van der Waals surface area contributed by atoms with Crippen molar-refractivity contribution < 1.29 is 23.5 Å². The van der Waals surface area contributed by atoms with Crippen molar-refractivity contribution in [1.82, 2.24) is 5.43 Å². The molecule has 0 aliphatic heterocycles. The van der Waals surface area contributed by atoms with Crippen LogP contribution in [0, 0.1) is 5.82 Å². The molecule has 0 bridgehead atoms. The van der Waals surface area contributed by atoms with Gasteiger partial charge in [-0.2, -0.15) is 5.10 Å². The van der Waals surface area contributed by atoms with Gasteiger partial charge in [-0.15, -0.1) is 0 Å². The van der Waals surface area contributed by atoms with Crippen molar-refractivity contribution in [2.75, 3.05) is 12.4 Å². The summed E-state index contributed by atoms with van der Waals surface area (Å²) in [6.45, 7) is 0. The predicted molar refractivity (Wildman–Crippen MR) is 96.2 cm³/mol. The van der Waals surface area contributed by atoms with Crippen LogP contribution in [0.25, 0.3) is 0 Å². The first-order valence-electron chi connectivity index (χ1n) is 7.18. The quantitative estimate of drug-likeness (QED) is 0.343. The van der Waals surface area contributed by atoms with Crippen LogP contribution >= 0.6 is 15.9 Å². The molecule has 0 saturated carbocycles. The number of rotatable bonds is 4. The average Bonchev–Trinajstić information content (AvgIpc) is 2.63. The highest BCUT2D eigenvalue weighted by Crippen LogP contribution is 2.19. The van der Waals surface area contributed by atoms with Gasteiger partial charge in [0.1, 0.15) is 5.82 Å². The molecule has 2 aromatic rings. The summed E-state index contributed by atoms with van der Waals surface area (Å²) in [4.78, 5) is 34.7. The van der Waals surface area contributed by atoms with Crippen LogP contribution in [0.5, 0.6) is 0 Å². The van der Waals surface area contributed by atoms with Crippen molar-refractivity contribution >= 4 is 45.6 Å². The fourth-order valence-electron chi connectivity index (χ4n) is 1.81. The maximum atomic E-state index is 13.6. The van der Waals surface area contributed by atoms with E-state index in [9.17, 15) is 18.8 Å². The molecule has 0 aliphatic carbocycles. The molecule has 2 aromatic carbocycles. The number of hydrogen-bond donors (Lipinski definition) is 2. The lowest BCUT2D eigenvalue weighted by atomic mass is 10.1. The number of hydrazone groups is 1. The van der Waals surface area contributed by atoms with Crippen molar-refractivity contribution in [2.24, 2.45) is 5.10 Å². The summed E-state index contributed by atoms with van der Waals surface area (Å²) in [5, 5.41) is 5.77. The lowest BCUT2D eigenvalue weighted by Crippen LogP contribution is -2.32. The normalized spacial score (nSPS) is 10.4. The molecule has 0 radical (unpaired) electrons. The monoisotopic (exact) mass is 421 g/mol. The highest BCUT2D eigenvalue weighted by atomic mass is 79.9. The third-order valence-electron chi connectivity index (χ3n) is 3.10. The van der Waals surface area contributed by atoms with Crippen LogP contribution in [0.3, 0.4) is 0 Å². The zero-order valence-electron chi connectivity index (χ0n) is 13.5. The number of esters is 1. The number of nitrogens with zero attached hydrogens (tertiary/aromatic N) is 1. The van der Waals surface area contributed by atoms with Crippen LogP contribution < -0.4 is 10.7 Å². The van der Waals surface area contributed by atoms with Crippen LogP contribution in [-0.4, -0.2) is 31.1 Å². The number of hydrogen-bond acceptors (Lipinski definition) is 5. The molecule has 0 aromatic heterocycles. The molecule has 0 spiro atoms. The van der Waals surface area contributed by atoms with Gasteiger partial charge in [-0.05, 0) is 35.9 Å². The Labute approximate surface area is 156 Å². The fourth-order valence-corrected chi connectivity index (χ4v) is 2.14. The average molecular weight is 422 g/mol. The van der Waals surface area contributed by atoms with E-state index < -0.39 is 23.6 Å². The fraction of sp³-hybridized carbons (Fsp3) is 0.0588. The Bertz CT molecular complexity index is 869. The largest absolute Gasteiger partial charge is 0.465 e. The van der Waals surface area contributed by atoms with Crippen molar-refractivity contribution in [1.29, 1.82) is 0 Å². The smallest absolute Gasteiger partial charge is 0.337 e. The summed E-state index contributed by atoms with van der Waals surface area (Å²) in [6, 6.07) is 10.2. The molecule has 2 amide bonds. The van der Waals surface area contributed by atoms with Crippen LogP contribution in [0.1, 0.15) is 15.9 Å². The molecule has 0 unspecified atom stereocenters. The van der Waals surface area contributed by atoms with E-state index in [4.69, 9.17) is 0 Å². The summed E-state index contributed by atoms with van der Waals surface area (Å²) in [5.74, 6) is -3.28. The number of benzene rings is 2. The Balaban J connectivity index is 1.91. The van der Waals surface area contributed by atoms with Crippen LogP contribution in [0.15, 0.2) is 52.0 Å². The summed E-state index contributed by atoms with van der Waals surface area (Å²) in [5.41, 5.74) is 2.84. The molecule has 134 valence electrons. The van der Waals surface area contributed by atoms with E-state index in [0.717, 1.165) is 6.07 Å². The van der Waals surface area contributed by atoms with Crippen molar-refractivity contribution in [3.8, 4) is 0 Å². The van der Waals surface area contributed by atoms with E-state index in [-0.39, 0.29) is 5.69 Å². The van der Waals surface area contributed by atoms with Gasteiger partial charge in [0.2, 0.25) is 0 Å². The molecule has 0 atom stereocenters. The lowest BCUT2D eigenvalue weighted by Gasteiger charge is -2.05. The van der Waals surface area contributed by atoms with E-state index in [2.05, 4.69) is 31.1 Å². The van der Waals surface area contributed by atoms with Gasteiger partial charge in [0, 0.05) is 4.47 Å². The minimum atomic E-state index is -1.07. The van der Waals surface area contributed by atoms with Gasteiger partial charge in [-0.1, -0.05) is 28.1 Å². The standard InChI is InChI=1S/C17H13BrFN3O4/c1-26-17(25)11-4-2-10(3-5-11)9-20-22-16(24)15(23)21-14-7-6-12(18)8-13(14)19/h2-9H,1H3,(H,21,23)(H,22,24)/b20-9+. The zero-order valence-corrected chi connectivity index (χ0v) is 15.0. The maximum absolute atomic E-state index is 13.6. The summed E-state index contributed by atoms with van der Waals surface area (Å²) < 4.78 is 18.7. The Morgan fingerprint density at radius 1 is 1.12 bits per heavy atom. The second-order valence-electron chi connectivity index (χ2n) is 4.89. The molecular formula is C17H13BrFN3O4. The SMILES string of the molecule is COC(=O)c1ccc(/C=N/NC(=O)C(=O)Nc2ccc(Br)cc2F)cc1. The number of halogens is 2. The second-order valence-corrected chi connectivity index (χ2v) is 5.81. The Kier molecular flexibility index (Phi) is 6.56. The second kappa shape index (κ2) is 8.86. The van der Waals surface area contributed by atoms with E-state index in [0.29, 0.717) is 15.6 Å². The molecule has 0 aliphatic rings. The van der Waals surface area contributed by atoms with Crippen LogP contribution in [0.4, 0.5) is 10.1 Å². The lowest BCUT2D eigenvalue weighted by molar-refractivity contribution is -0.136. The third kappa shape index (κ3) is 5.21. The topological polar surface area (TPSA) is 96.9 Å². The summed E-state index contributed by atoms with van der Waals surface area (Å²) >= 11 is 3.09. The first-order chi connectivity index (χ1) is 12.4. The van der Waals surface area contributed by atoms with Crippen molar-refractivity contribution in [3.05, 3.63) is 63.9 Å². The Morgan fingerprint density at radius 2 is 1.81 bits per heavy atom. The molecule has 0 fully saturated rings. The van der Waals surface area contributed by atoms with Crippen LogP contribution in [0.2, 0.25) is 0 Å². The predicted octanol–water partition coefficient (Wildman–Crippen LogP) is 2.46. The Hall–Kier alpha value is -3.07. The van der Waals surface area contributed by atoms with Gasteiger partial charge >= 0.3 is 17.8 Å². The molecule has 7 nitrogen and oxygen atoms in total. The van der Waals surface area contributed by atoms with Gasteiger partial charge in [0.15, 0.2) is 0 Å². The minimum Gasteiger partial charge on any atom is -0.465 e. The highest BCUT2D eigenvalue weighted by molar-refractivity contribution is 9.10. The van der Waals surface area contributed by atoms with Gasteiger partial charge in [-0.25, -0.2) is 14.6 Å². The van der Waals surface area contributed by atoms with Gasteiger partial charge in [-0.3, -0.25) is 9.59 Å². The van der Waals surface area contributed by atoms with E-state index in [1.54, 1.807) is 12.1 Å². The molecule has 0 heterocycles. The molecule has 0 saturated heterocycles. The van der Waals surface area contributed by atoms with Gasteiger partial charge in [0.05, 0.1) is 24.6 Å². The van der Waals surface area contributed by atoms with E-state index >= 15 is 0 Å². The number of carbonyl (C=O) groups is 3. The minimum absolute atomic E-state index is 0.129. The summed E-state index contributed by atoms with van der Waals surface area (Å²) in [7, 11) is 1.28. The molecule has 26 heavy (non-hydrogen) atoms. The number of methoxy groups -OCH3 is 1. The van der Waals surface area contributed by atoms with E-state index in [1.165, 1.54) is 37.6 Å². The number of amides is 2. The first kappa shape index (κ1) is 19.3.